The van der Waals surface area contributed by atoms with E-state index in [0.717, 1.165) is 19.4 Å². The number of ether oxygens (including phenoxy) is 1. The first-order valence-electron chi connectivity index (χ1n) is 7.91. The number of carbonyl (C=O) groups excluding carboxylic acids is 2. The standard InChI is InChI=1S/C14H28N4O3/c1-2-3-4-5-6-7-10-21-11-8-9-15-13(19)12-16-14(20)18-17-12/h12,17H,2-11H2,1H3,(H,15,19)(H2,16,18,20). The minimum absolute atomic E-state index is 0.246. The second kappa shape index (κ2) is 11.3. The van der Waals surface area contributed by atoms with Crippen LogP contribution in [0.15, 0.2) is 0 Å². The highest BCUT2D eigenvalue weighted by Gasteiger charge is 2.25. The van der Waals surface area contributed by atoms with Crippen LogP contribution in [0.5, 0.6) is 0 Å². The molecule has 1 aliphatic heterocycles. The summed E-state index contributed by atoms with van der Waals surface area (Å²) < 4.78 is 5.52. The lowest BCUT2D eigenvalue weighted by molar-refractivity contribution is -0.123. The van der Waals surface area contributed by atoms with Crippen LogP contribution >= 0.6 is 0 Å². The first-order valence-corrected chi connectivity index (χ1v) is 7.91. The number of rotatable bonds is 12. The number of hydrazine groups is 1. The fraction of sp³-hybridized carbons (Fsp3) is 0.857. The number of amides is 3. The van der Waals surface area contributed by atoms with Crippen molar-refractivity contribution in [2.24, 2.45) is 0 Å². The molecule has 0 bridgehead atoms. The van der Waals surface area contributed by atoms with Crippen molar-refractivity contribution in [3.05, 3.63) is 0 Å². The molecule has 122 valence electrons. The molecule has 0 aromatic carbocycles. The second-order valence-corrected chi connectivity index (χ2v) is 5.20. The molecule has 21 heavy (non-hydrogen) atoms. The summed E-state index contributed by atoms with van der Waals surface area (Å²) in [7, 11) is 0. The average molecular weight is 300 g/mol. The fourth-order valence-corrected chi connectivity index (χ4v) is 2.05. The van der Waals surface area contributed by atoms with Crippen LogP contribution in [0.1, 0.15) is 51.9 Å². The molecule has 7 heteroatoms. The Morgan fingerprint density at radius 2 is 1.86 bits per heavy atom. The minimum atomic E-state index is -0.693. The second-order valence-electron chi connectivity index (χ2n) is 5.20. The summed E-state index contributed by atoms with van der Waals surface area (Å²) in [5, 5.41) is 5.17. The van der Waals surface area contributed by atoms with Crippen molar-refractivity contribution in [2.45, 2.75) is 58.0 Å². The Morgan fingerprint density at radius 1 is 1.14 bits per heavy atom. The molecule has 1 heterocycles. The molecule has 1 unspecified atom stereocenters. The normalized spacial score (nSPS) is 17.4. The highest BCUT2D eigenvalue weighted by atomic mass is 16.5. The predicted molar refractivity (Wildman–Crippen MR) is 80.4 cm³/mol. The molecule has 0 aromatic heterocycles. The molecule has 1 fully saturated rings. The largest absolute Gasteiger partial charge is 0.381 e. The van der Waals surface area contributed by atoms with E-state index in [4.69, 9.17) is 4.74 Å². The lowest BCUT2D eigenvalue weighted by atomic mass is 10.1. The first kappa shape index (κ1) is 17.7. The maximum absolute atomic E-state index is 11.6. The van der Waals surface area contributed by atoms with Gasteiger partial charge in [0, 0.05) is 19.8 Å². The van der Waals surface area contributed by atoms with Gasteiger partial charge in [0.1, 0.15) is 0 Å². The number of carbonyl (C=O) groups is 2. The molecule has 1 aliphatic rings. The number of unbranched alkanes of at least 4 members (excludes halogenated alkanes) is 5. The van der Waals surface area contributed by atoms with Gasteiger partial charge in [0.2, 0.25) is 0 Å². The SMILES string of the molecule is CCCCCCCCOCCCNC(=O)C1NNC(=O)N1. The van der Waals surface area contributed by atoms with Crippen molar-refractivity contribution in [3.8, 4) is 0 Å². The molecular formula is C14H28N4O3. The van der Waals surface area contributed by atoms with Gasteiger partial charge in [-0.3, -0.25) is 10.2 Å². The van der Waals surface area contributed by atoms with Crippen molar-refractivity contribution in [1.29, 1.82) is 0 Å². The van der Waals surface area contributed by atoms with E-state index < -0.39 is 12.2 Å². The van der Waals surface area contributed by atoms with Gasteiger partial charge in [0.25, 0.3) is 5.91 Å². The summed E-state index contributed by atoms with van der Waals surface area (Å²) in [6, 6.07) is -0.391. The number of nitrogens with one attached hydrogen (secondary N) is 4. The molecular weight excluding hydrogens is 272 g/mol. The lowest BCUT2D eigenvalue weighted by Crippen LogP contribution is -2.48. The third kappa shape index (κ3) is 8.52. The van der Waals surface area contributed by atoms with Crippen LogP contribution in [-0.4, -0.2) is 37.9 Å². The van der Waals surface area contributed by atoms with Gasteiger partial charge in [-0.15, -0.1) is 0 Å². The summed E-state index contributed by atoms with van der Waals surface area (Å²) in [5.74, 6) is -0.246. The summed E-state index contributed by atoms with van der Waals surface area (Å²) >= 11 is 0. The predicted octanol–water partition coefficient (Wildman–Crippen LogP) is 1.01. The highest BCUT2D eigenvalue weighted by Crippen LogP contribution is 2.04. The summed E-state index contributed by atoms with van der Waals surface area (Å²) in [5.41, 5.74) is 4.85. The van der Waals surface area contributed by atoms with Crippen LogP contribution in [-0.2, 0) is 9.53 Å². The van der Waals surface area contributed by atoms with E-state index in [1.54, 1.807) is 0 Å². The van der Waals surface area contributed by atoms with E-state index in [-0.39, 0.29) is 5.91 Å². The number of hydrogen-bond donors (Lipinski definition) is 4. The summed E-state index contributed by atoms with van der Waals surface area (Å²) in [6.45, 7) is 4.21. The van der Waals surface area contributed by atoms with Crippen molar-refractivity contribution >= 4 is 11.9 Å². The molecule has 7 nitrogen and oxygen atoms in total. The summed E-state index contributed by atoms with van der Waals surface area (Å²) in [6.07, 6.45) is 7.64. The Bertz CT molecular complexity index is 313. The van der Waals surface area contributed by atoms with Gasteiger partial charge in [0.15, 0.2) is 6.17 Å². The average Bonchev–Trinajstić information content (AvgIpc) is 2.91. The van der Waals surface area contributed by atoms with Crippen LogP contribution in [0.2, 0.25) is 0 Å². The van der Waals surface area contributed by atoms with Crippen molar-refractivity contribution in [2.75, 3.05) is 19.8 Å². The van der Waals surface area contributed by atoms with E-state index in [9.17, 15) is 9.59 Å². The van der Waals surface area contributed by atoms with Gasteiger partial charge >= 0.3 is 6.03 Å². The Hall–Kier alpha value is -1.34. The van der Waals surface area contributed by atoms with Crippen molar-refractivity contribution in [1.82, 2.24) is 21.5 Å². The quantitative estimate of drug-likeness (QED) is 0.405. The van der Waals surface area contributed by atoms with Crippen molar-refractivity contribution in [3.63, 3.8) is 0 Å². The van der Waals surface area contributed by atoms with E-state index in [2.05, 4.69) is 28.4 Å². The molecule has 0 aromatic rings. The Morgan fingerprint density at radius 3 is 2.57 bits per heavy atom. The maximum Gasteiger partial charge on any atom is 0.330 e. The monoisotopic (exact) mass is 300 g/mol. The highest BCUT2D eigenvalue weighted by molar-refractivity contribution is 5.88. The Labute approximate surface area is 126 Å². The molecule has 3 amide bonds. The topological polar surface area (TPSA) is 91.5 Å². The molecule has 1 atom stereocenters. The molecule has 1 saturated heterocycles. The Balaban J connectivity index is 1.82. The fourth-order valence-electron chi connectivity index (χ4n) is 2.05. The zero-order chi connectivity index (χ0) is 15.3. The number of urea groups is 1. The van der Waals surface area contributed by atoms with E-state index >= 15 is 0 Å². The number of hydrogen-bond acceptors (Lipinski definition) is 4. The smallest absolute Gasteiger partial charge is 0.330 e. The maximum atomic E-state index is 11.6. The van der Waals surface area contributed by atoms with Crippen LogP contribution in [0.3, 0.4) is 0 Å². The zero-order valence-electron chi connectivity index (χ0n) is 12.9. The zero-order valence-corrected chi connectivity index (χ0v) is 12.9. The van der Waals surface area contributed by atoms with Crippen molar-refractivity contribution < 1.29 is 14.3 Å². The van der Waals surface area contributed by atoms with Crippen LogP contribution < -0.4 is 21.5 Å². The summed E-state index contributed by atoms with van der Waals surface area (Å²) in [4.78, 5) is 22.4. The molecule has 4 N–H and O–H groups in total. The van der Waals surface area contributed by atoms with Crippen LogP contribution in [0.25, 0.3) is 0 Å². The molecule has 0 spiro atoms. The molecule has 0 aliphatic carbocycles. The van der Waals surface area contributed by atoms with Gasteiger partial charge in [-0.1, -0.05) is 39.0 Å². The van der Waals surface area contributed by atoms with Gasteiger partial charge in [-0.25, -0.2) is 10.2 Å². The minimum Gasteiger partial charge on any atom is -0.381 e. The Kier molecular flexibility index (Phi) is 9.56. The van der Waals surface area contributed by atoms with Gasteiger partial charge in [0.05, 0.1) is 0 Å². The van der Waals surface area contributed by atoms with E-state index in [1.165, 1.54) is 32.1 Å². The van der Waals surface area contributed by atoms with Crippen LogP contribution in [0, 0.1) is 0 Å². The van der Waals surface area contributed by atoms with E-state index in [0.29, 0.717) is 13.2 Å². The third-order valence-electron chi connectivity index (χ3n) is 3.27. The van der Waals surface area contributed by atoms with Gasteiger partial charge < -0.3 is 15.4 Å². The third-order valence-corrected chi connectivity index (χ3v) is 3.27. The van der Waals surface area contributed by atoms with Gasteiger partial charge in [-0.2, -0.15) is 0 Å². The van der Waals surface area contributed by atoms with E-state index in [1.807, 2.05) is 0 Å². The lowest BCUT2D eigenvalue weighted by Gasteiger charge is -2.10. The van der Waals surface area contributed by atoms with Gasteiger partial charge in [-0.05, 0) is 12.8 Å². The molecule has 0 saturated carbocycles. The molecule has 1 rings (SSSR count). The first-order chi connectivity index (χ1) is 10.2. The molecule has 0 radical (unpaired) electrons. The van der Waals surface area contributed by atoms with Crippen LogP contribution in [0.4, 0.5) is 4.79 Å².